The van der Waals surface area contributed by atoms with Crippen molar-refractivity contribution >= 4 is 48.1 Å². The molecule has 0 N–H and O–H groups in total. The van der Waals surface area contributed by atoms with Gasteiger partial charge in [-0.15, -0.1) is 0 Å². The Morgan fingerprint density at radius 1 is 0.533 bits per heavy atom. The quantitative estimate of drug-likeness (QED) is 0.568. The summed E-state index contributed by atoms with van der Waals surface area (Å²) in [7, 11) is 0. The normalized spacial score (nSPS) is 8.53. The molecule has 0 saturated heterocycles. The van der Waals surface area contributed by atoms with Crippen LogP contribution in [0.5, 0.6) is 0 Å². The minimum atomic E-state index is -0.699. The van der Waals surface area contributed by atoms with Gasteiger partial charge in [0.05, 0.1) is 0 Å². The Hall–Kier alpha value is 0.0987. The molecule has 2 aromatic rings. The van der Waals surface area contributed by atoms with E-state index in [9.17, 15) is 0 Å². The average molecular weight is 342 g/mol. The molecule has 0 aromatic heterocycles. The average Bonchev–Trinajstić information content (AvgIpc) is 2.21. The first-order valence-electron chi connectivity index (χ1n) is 4.40. The summed E-state index contributed by atoms with van der Waals surface area (Å²) in [6.45, 7) is 0. The van der Waals surface area contributed by atoms with Crippen molar-refractivity contribution in [3.8, 4) is 0 Å². The summed E-state index contributed by atoms with van der Waals surface area (Å²) in [6.07, 6.45) is 0. The predicted molar refractivity (Wildman–Crippen MR) is 81.5 cm³/mol. The van der Waals surface area contributed by atoms with E-state index in [0.717, 1.165) is 0 Å². The van der Waals surface area contributed by atoms with Crippen LogP contribution >= 0.6 is 19.8 Å². The van der Waals surface area contributed by atoms with Crippen molar-refractivity contribution in [2.45, 2.75) is 0 Å². The van der Waals surface area contributed by atoms with Crippen LogP contribution in [-0.4, -0.2) is 21.1 Å². The van der Waals surface area contributed by atoms with E-state index in [-0.39, 0.29) is 19.8 Å². The third-order valence-electron chi connectivity index (χ3n) is 1.93. The Morgan fingerprint density at radius 3 is 1.20 bits per heavy atom. The molecule has 2 rings (SSSR count). The fraction of sp³-hybridized carbons (Fsp3) is 0. The Balaban J connectivity index is 0.000000980. The van der Waals surface area contributed by atoms with Crippen molar-refractivity contribution in [2.75, 3.05) is 0 Å². The maximum absolute atomic E-state index is 2.24. The first-order valence-corrected chi connectivity index (χ1v) is 7.69. The summed E-state index contributed by atoms with van der Waals surface area (Å²) in [4.78, 5) is 0. The molecule has 0 fully saturated rings. The van der Waals surface area contributed by atoms with Crippen molar-refractivity contribution in [1.29, 1.82) is 0 Å². The summed E-state index contributed by atoms with van der Waals surface area (Å²) in [5.74, 6) is 0. The van der Waals surface area contributed by atoms with Gasteiger partial charge in [0, 0.05) is 0 Å². The summed E-state index contributed by atoms with van der Waals surface area (Å²) in [5, 5.41) is 0. The van der Waals surface area contributed by atoms with Gasteiger partial charge < -0.3 is 0 Å². The van der Waals surface area contributed by atoms with Crippen LogP contribution in [0.4, 0.5) is 0 Å². The Morgan fingerprint density at radius 2 is 0.867 bits per heavy atom. The number of hydrogen-bond acceptors (Lipinski definition) is 0. The van der Waals surface area contributed by atoms with E-state index in [2.05, 4.69) is 60.7 Å². The Labute approximate surface area is 108 Å². The van der Waals surface area contributed by atoms with Gasteiger partial charge >= 0.3 is 89.0 Å². The van der Waals surface area contributed by atoms with E-state index in [1.165, 1.54) is 0 Å². The zero-order valence-corrected chi connectivity index (χ0v) is 14.9. The fourth-order valence-electron chi connectivity index (χ4n) is 1.29. The zero-order valence-electron chi connectivity index (χ0n) is 8.77. The summed E-state index contributed by atoms with van der Waals surface area (Å²) < 4.78 is 3.12. The van der Waals surface area contributed by atoms with Gasteiger partial charge in [-0.3, -0.25) is 0 Å². The van der Waals surface area contributed by atoms with E-state index in [4.69, 9.17) is 0 Å². The van der Waals surface area contributed by atoms with E-state index >= 15 is 0 Å². The van der Waals surface area contributed by atoms with E-state index in [1.54, 1.807) is 7.16 Å². The molecule has 0 aliphatic heterocycles. The topological polar surface area (TPSA) is 0 Å². The van der Waals surface area contributed by atoms with Gasteiger partial charge in [0.15, 0.2) is 0 Å². The van der Waals surface area contributed by atoms with Crippen LogP contribution in [-0.2, 0) is 0 Å². The van der Waals surface area contributed by atoms with Gasteiger partial charge in [-0.1, -0.05) is 0 Å². The summed E-state index contributed by atoms with van der Waals surface area (Å²) in [5.41, 5.74) is 0. The van der Waals surface area contributed by atoms with Crippen LogP contribution < -0.4 is 7.16 Å². The number of rotatable bonds is 2. The second kappa shape index (κ2) is 8.27. The molecule has 0 heterocycles. The van der Waals surface area contributed by atoms with Gasteiger partial charge in [0.2, 0.25) is 0 Å². The molecule has 0 nitrogen and oxygen atoms in total. The molecule has 1 radical (unpaired) electrons. The second-order valence-electron chi connectivity index (χ2n) is 2.97. The standard InChI is InChI=1S/2C6H5.2H3P.Sn.H/c2*1-2-4-6-5-3-1;;;;/h2*1-5H;2*1H3;;. The first-order chi connectivity index (χ1) is 6.45. The molecular formula is C12H17P2Sn. The molecular weight excluding hydrogens is 325 g/mol. The summed E-state index contributed by atoms with van der Waals surface area (Å²) >= 11 is -0.699. The zero-order chi connectivity index (χ0) is 8.93. The van der Waals surface area contributed by atoms with Gasteiger partial charge in [0.1, 0.15) is 0 Å². The predicted octanol–water partition coefficient (Wildman–Crippen LogP) is 1.19. The summed E-state index contributed by atoms with van der Waals surface area (Å²) in [6, 6.07) is 21.7. The van der Waals surface area contributed by atoms with Crippen molar-refractivity contribution in [3.05, 3.63) is 60.7 Å². The van der Waals surface area contributed by atoms with Gasteiger partial charge in [-0.2, -0.15) is 19.8 Å². The van der Waals surface area contributed by atoms with Gasteiger partial charge in [0.25, 0.3) is 0 Å². The molecule has 2 unspecified atom stereocenters. The fourth-order valence-corrected chi connectivity index (χ4v) is 4.76. The van der Waals surface area contributed by atoms with Gasteiger partial charge in [-0.05, 0) is 0 Å². The van der Waals surface area contributed by atoms with E-state index in [1.807, 2.05) is 0 Å². The first kappa shape index (κ1) is 15.1. The van der Waals surface area contributed by atoms with Gasteiger partial charge in [-0.25, -0.2) is 0 Å². The van der Waals surface area contributed by atoms with E-state index in [0.29, 0.717) is 0 Å². The monoisotopic (exact) mass is 343 g/mol. The molecule has 0 bridgehead atoms. The number of hydrogen-bond donors (Lipinski definition) is 0. The third kappa shape index (κ3) is 5.11. The van der Waals surface area contributed by atoms with Crippen molar-refractivity contribution in [2.24, 2.45) is 0 Å². The molecule has 2 atom stereocenters. The van der Waals surface area contributed by atoms with Crippen LogP contribution in [0.15, 0.2) is 60.7 Å². The third-order valence-corrected chi connectivity index (χ3v) is 6.03. The Kier molecular flexibility index (Phi) is 8.33. The minimum absolute atomic E-state index is 0. The molecule has 0 saturated carbocycles. The van der Waals surface area contributed by atoms with Crippen molar-refractivity contribution in [3.63, 3.8) is 0 Å². The molecule has 79 valence electrons. The van der Waals surface area contributed by atoms with Crippen LogP contribution in [0.3, 0.4) is 0 Å². The molecule has 2 aromatic carbocycles. The van der Waals surface area contributed by atoms with Crippen LogP contribution in [0.2, 0.25) is 0 Å². The van der Waals surface area contributed by atoms with Crippen LogP contribution in [0.1, 0.15) is 0 Å². The molecule has 0 aliphatic carbocycles. The SMILES string of the molecule is P.P.c1cc[c]([SnH][c]2ccccc2)cc1. The molecule has 0 spiro atoms. The molecule has 15 heavy (non-hydrogen) atoms. The van der Waals surface area contributed by atoms with Crippen molar-refractivity contribution < 1.29 is 0 Å². The molecule has 0 amide bonds. The van der Waals surface area contributed by atoms with E-state index < -0.39 is 21.1 Å². The van der Waals surface area contributed by atoms with Crippen LogP contribution in [0.25, 0.3) is 0 Å². The maximum atomic E-state index is 2.24. The van der Waals surface area contributed by atoms with Crippen LogP contribution in [0, 0.1) is 0 Å². The molecule has 0 aliphatic rings. The Bertz CT molecular complexity index is 324. The van der Waals surface area contributed by atoms with Crippen molar-refractivity contribution in [1.82, 2.24) is 0 Å². The second-order valence-corrected chi connectivity index (χ2v) is 7.60. The molecule has 3 heteroatoms. The number of benzene rings is 2.